The molecule has 0 aliphatic rings. The molecule has 0 radical (unpaired) electrons. The van der Waals surface area contributed by atoms with Crippen molar-refractivity contribution in [3.05, 3.63) is 29.6 Å². The molecule has 5 heteroatoms. The average Bonchev–Trinajstić information content (AvgIpc) is 2.40. The van der Waals surface area contributed by atoms with Crippen LogP contribution in [0.3, 0.4) is 0 Å². The number of hydrogen-bond donors (Lipinski definition) is 2. The molecule has 0 spiro atoms. The van der Waals surface area contributed by atoms with Crippen molar-refractivity contribution in [3.63, 3.8) is 0 Å². The van der Waals surface area contributed by atoms with Gasteiger partial charge in [0.05, 0.1) is 6.04 Å². The van der Waals surface area contributed by atoms with Crippen molar-refractivity contribution in [2.75, 3.05) is 5.32 Å². The quantitative estimate of drug-likeness (QED) is 0.793. The molecule has 0 aromatic heterocycles. The monoisotopic (exact) mass is 308 g/mol. The highest BCUT2D eigenvalue weighted by Gasteiger charge is 2.28. The van der Waals surface area contributed by atoms with Gasteiger partial charge in [0.1, 0.15) is 5.82 Å². The molecule has 0 heterocycles. The summed E-state index contributed by atoms with van der Waals surface area (Å²) in [5.41, 5.74) is 0.501. The first-order valence-electron chi connectivity index (χ1n) is 7.53. The highest BCUT2D eigenvalue weighted by Crippen LogP contribution is 2.14. The molecule has 1 aromatic rings. The highest BCUT2D eigenvalue weighted by molar-refractivity contribution is 6.42. The van der Waals surface area contributed by atoms with E-state index in [2.05, 4.69) is 10.6 Å². The largest absolute Gasteiger partial charge is 0.319 e. The Hall–Kier alpha value is -1.75. The number of aryl methyl sites for hydroxylation is 1. The molecule has 2 N–H and O–H groups in total. The summed E-state index contributed by atoms with van der Waals surface area (Å²) in [7, 11) is 0. The highest BCUT2D eigenvalue weighted by atomic mass is 19.1. The van der Waals surface area contributed by atoms with Gasteiger partial charge >= 0.3 is 0 Å². The molecule has 1 rings (SSSR count). The van der Waals surface area contributed by atoms with Gasteiger partial charge in [-0.2, -0.15) is 0 Å². The Morgan fingerprint density at radius 1 is 1.27 bits per heavy atom. The second kappa shape index (κ2) is 7.49. The lowest BCUT2D eigenvalue weighted by molar-refractivity contribution is -0.136. The van der Waals surface area contributed by atoms with Gasteiger partial charge in [-0.15, -0.1) is 0 Å². The maximum Gasteiger partial charge on any atom is 0.293 e. The van der Waals surface area contributed by atoms with Crippen molar-refractivity contribution in [2.45, 2.75) is 59.0 Å². The van der Waals surface area contributed by atoms with E-state index in [1.165, 1.54) is 6.07 Å². The van der Waals surface area contributed by atoms with Crippen LogP contribution in [-0.2, 0) is 9.59 Å². The predicted molar refractivity (Wildman–Crippen MR) is 86.4 cm³/mol. The normalized spacial score (nSPS) is 12.8. The molecule has 0 saturated heterocycles. The summed E-state index contributed by atoms with van der Waals surface area (Å²) < 4.78 is 13.5. The number of hydrogen-bond acceptors (Lipinski definition) is 3. The molecule has 1 atom stereocenters. The Morgan fingerprint density at radius 2 is 1.91 bits per heavy atom. The van der Waals surface area contributed by atoms with Crippen LogP contribution in [0.2, 0.25) is 0 Å². The van der Waals surface area contributed by atoms with E-state index in [4.69, 9.17) is 0 Å². The van der Waals surface area contributed by atoms with Crippen molar-refractivity contribution in [1.82, 2.24) is 5.32 Å². The van der Waals surface area contributed by atoms with Gasteiger partial charge in [-0.05, 0) is 51.8 Å². The fourth-order valence-corrected chi connectivity index (χ4v) is 2.10. The molecule has 1 amide bonds. The van der Waals surface area contributed by atoms with Gasteiger partial charge in [0.2, 0.25) is 5.78 Å². The summed E-state index contributed by atoms with van der Waals surface area (Å²) in [6, 6.07) is 3.81. The third kappa shape index (κ3) is 5.56. The lowest BCUT2D eigenvalue weighted by Crippen LogP contribution is -2.50. The van der Waals surface area contributed by atoms with Crippen molar-refractivity contribution >= 4 is 17.4 Å². The molecule has 0 saturated carbocycles. The smallest absolute Gasteiger partial charge is 0.293 e. The fourth-order valence-electron chi connectivity index (χ4n) is 2.10. The number of Topliss-reactive ketones (excluding diaryl/α,β-unsaturated/α-hetero) is 1. The van der Waals surface area contributed by atoms with E-state index in [1.807, 2.05) is 27.7 Å². The maximum atomic E-state index is 13.5. The number of ketones is 1. The molecule has 0 aliphatic carbocycles. The molecule has 0 aliphatic heterocycles. The molecule has 1 aromatic carbocycles. The first-order chi connectivity index (χ1) is 10.1. The summed E-state index contributed by atoms with van der Waals surface area (Å²) in [5.74, 6) is -1.67. The number of carbonyl (C=O) groups excluding carboxylic acids is 2. The minimum absolute atomic E-state index is 0.272. The van der Waals surface area contributed by atoms with Crippen molar-refractivity contribution in [1.29, 1.82) is 0 Å². The van der Waals surface area contributed by atoms with Crippen LogP contribution in [0.4, 0.5) is 10.1 Å². The topological polar surface area (TPSA) is 58.2 Å². The molecule has 4 nitrogen and oxygen atoms in total. The third-order valence-corrected chi connectivity index (χ3v) is 3.15. The van der Waals surface area contributed by atoms with E-state index in [-0.39, 0.29) is 11.2 Å². The Bertz CT molecular complexity index is 550. The number of nitrogens with one attached hydrogen (secondary N) is 2. The van der Waals surface area contributed by atoms with E-state index in [9.17, 15) is 14.0 Å². The first-order valence-corrected chi connectivity index (χ1v) is 7.53. The van der Waals surface area contributed by atoms with Crippen LogP contribution >= 0.6 is 0 Å². The van der Waals surface area contributed by atoms with E-state index >= 15 is 0 Å². The van der Waals surface area contributed by atoms with E-state index < -0.39 is 23.5 Å². The second-order valence-electron chi connectivity index (χ2n) is 6.52. The second-order valence-corrected chi connectivity index (χ2v) is 6.52. The SMILES string of the molecule is CCCC(NC(C)(C)C)C(=O)C(=O)Nc1ccc(C)c(F)c1. The molecular weight excluding hydrogens is 283 g/mol. The minimum atomic E-state index is -0.724. The van der Waals surface area contributed by atoms with Gasteiger partial charge in [-0.3, -0.25) is 9.59 Å². The molecule has 22 heavy (non-hydrogen) atoms. The lowest BCUT2D eigenvalue weighted by atomic mass is 10.0. The van der Waals surface area contributed by atoms with E-state index in [0.29, 0.717) is 12.0 Å². The van der Waals surface area contributed by atoms with Gasteiger partial charge in [0, 0.05) is 11.2 Å². The van der Waals surface area contributed by atoms with E-state index in [0.717, 1.165) is 6.42 Å². The number of carbonyl (C=O) groups is 2. The average molecular weight is 308 g/mol. The number of halogens is 1. The Balaban J connectivity index is 2.80. The summed E-state index contributed by atoms with van der Waals surface area (Å²) in [5, 5.41) is 5.63. The molecule has 122 valence electrons. The van der Waals surface area contributed by atoms with Crippen molar-refractivity contribution < 1.29 is 14.0 Å². The Kier molecular flexibility index (Phi) is 6.23. The third-order valence-electron chi connectivity index (χ3n) is 3.15. The summed E-state index contributed by atoms with van der Waals surface area (Å²) in [6.07, 6.45) is 1.36. The van der Waals surface area contributed by atoms with Crippen molar-refractivity contribution in [3.8, 4) is 0 Å². The fraction of sp³-hybridized carbons (Fsp3) is 0.529. The molecule has 1 unspecified atom stereocenters. The summed E-state index contributed by atoms with van der Waals surface area (Å²) >= 11 is 0. The van der Waals surface area contributed by atoms with Crippen LogP contribution < -0.4 is 10.6 Å². The van der Waals surface area contributed by atoms with Gasteiger partial charge < -0.3 is 10.6 Å². The summed E-state index contributed by atoms with van der Waals surface area (Å²) in [4.78, 5) is 24.4. The van der Waals surface area contributed by atoms with Crippen LogP contribution in [0.25, 0.3) is 0 Å². The zero-order valence-corrected chi connectivity index (χ0v) is 13.9. The maximum absolute atomic E-state index is 13.5. The van der Waals surface area contributed by atoms with E-state index in [1.54, 1.807) is 19.1 Å². The first kappa shape index (κ1) is 18.3. The number of amides is 1. The van der Waals surface area contributed by atoms with Crippen LogP contribution in [0.5, 0.6) is 0 Å². The molecular formula is C17H25FN2O2. The van der Waals surface area contributed by atoms with Gasteiger partial charge in [0.15, 0.2) is 0 Å². The number of benzene rings is 1. The van der Waals surface area contributed by atoms with Gasteiger partial charge in [-0.1, -0.05) is 19.4 Å². The van der Waals surface area contributed by atoms with Crippen LogP contribution in [0.15, 0.2) is 18.2 Å². The number of rotatable bonds is 6. The Morgan fingerprint density at radius 3 is 2.41 bits per heavy atom. The Labute approximate surface area is 131 Å². The van der Waals surface area contributed by atoms with Crippen LogP contribution in [0.1, 0.15) is 46.1 Å². The summed E-state index contributed by atoms with van der Waals surface area (Å²) in [6.45, 7) is 9.41. The standard InChI is InChI=1S/C17H25FN2O2/c1-6-7-14(20-17(3,4)5)15(21)16(22)19-12-9-8-11(2)13(18)10-12/h8-10,14,20H,6-7H2,1-5H3,(H,19,22). The zero-order valence-electron chi connectivity index (χ0n) is 13.9. The van der Waals surface area contributed by atoms with Gasteiger partial charge in [0.25, 0.3) is 5.91 Å². The minimum Gasteiger partial charge on any atom is -0.319 e. The molecule has 0 fully saturated rings. The lowest BCUT2D eigenvalue weighted by Gasteiger charge is -2.27. The van der Waals surface area contributed by atoms with Crippen LogP contribution in [-0.4, -0.2) is 23.3 Å². The van der Waals surface area contributed by atoms with Gasteiger partial charge in [-0.25, -0.2) is 4.39 Å². The number of anilines is 1. The van der Waals surface area contributed by atoms with Crippen molar-refractivity contribution in [2.24, 2.45) is 0 Å². The molecule has 0 bridgehead atoms. The predicted octanol–water partition coefficient (Wildman–Crippen LogP) is 3.20. The van der Waals surface area contributed by atoms with Crippen LogP contribution in [0, 0.1) is 12.7 Å². The zero-order chi connectivity index (χ0) is 16.9.